The Kier molecular flexibility index (Phi) is 6.73. The van der Waals surface area contributed by atoms with Gasteiger partial charge in [0.2, 0.25) is 0 Å². The summed E-state index contributed by atoms with van der Waals surface area (Å²) >= 11 is 7.75. The van der Waals surface area contributed by atoms with Crippen LogP contribution in [0.2, 0.25) is 5.02 Å². The predicted octanol–water partition coefficient (Wildman–Crippen LogP) is 3.62. The van der Waals surface area contributed by atoms with E-state index in [4.69, 9.17) is 21.1 Å². The summed E-state index contributed by atoms with van der Waals surface area (Å²) in [4.78, 5) is 2.12. The van der Waals surface area contributed by atoms with Crippen molar-refractivity contribution in [3.63, 3.8) is 0 Å². The first-order valence-corrected chi connectivity index (χ1v) is 9.68. The number of thioether (sulfide) groups is 1. The topological polar surface area (TPSA) is 67.3 Å². The van der Waals surface area contributed by atoms with Crippen LogP contribution in [0.1, 0.15) is 18.0 Å². The molecule has 26 heavy (non-hydrogen) atoms. The molecule has 0 spiro atoms. The number of hydrogen-bond acceptors (Lipinski definition) is 6. The Morgan fingerprint density at radius 3 is 2.85 bits per heavy atom. The van der Waals surface area contributed by atoms with E-state index in [1.165, 1.54) is 0 Å². The van der Waals surface area contributed by atoms with Gasteiger partial charge in [0, 0.05) is 17.4 Å². The van der Waals surface area contributed by atoms with Crippen LogP contribution in [0.5, 0.6) is 0 Å². The minimum atomic E-state index is 0.164. The summed E-state index contributed by atoms with van der Waals surface area (Å²) in [6.07, 6.45) is 2.38. The number of aromatic nitrogens is 3. The molecule has 0 aliphatic rings. The lowest BCUT2D eigenvalue weighted by molar-refractivity contribution is 0.279. The fourth-order valence-electron chi connectivity index (χ4n) is 2.56. The van der Waals surface area contributed by atoms with Crippen molar-refractivity contribution in [2.24, 2.45) is 0 Å². The van der Waals surface area contributed by atoms with Gasteiger partial charge in [-0.15, -0.1) is 10.2 Å². The van der Waals surface area contributed by atoms with Crippen LogP contribution in [0.25, 0.3) is 5.69 Å². The summed E-state index contributed by atoms with van der Waals surface area (Å²) in [5.74, 6) is 2.50. The standard InChI is InChI=1S/C18H21ClN4O2S/c1-22(12-16-7-3-9-25-16)13-17-20-21-18(26-10-4-8-24)23(17)15-6-2-5-14(19)11-15/h2-3,5-7,9,11,24H,4,8,10,12-13H2,1H3. The highest BCUT2D eigenvalue weighted by atomic mass is 35.5. The number of rotatable bonds is 9. The van der Waals surface area contributed by atoms with Gasteiger partial charge in [-0.2, -0.15) is 0 Å². The van der Waals surface area contributed by atoms with Crippen molar-refractivity contribution >= 4 is 23.4 Å². The number of furan rings is 1. The van der Waals surface area contributed by atoms with E-state index < -0.39 is 0 Å². The molecular weight excluding hydrogens is 372 g/mol. The van der Waals surface area contributed by atoms with Crippen LogP contribution in [-0.2, 0) is 13.1 Å². The fraction of sp³-hybridized carbons (Fsp3) is 0.333. The number of halogens is 1. The summed E-state index contributed by atoms with van der Waals surface area (Å²) in [6, 6.07) is 11.5. The lowest BCUT2D eigenvalue weighted by atomic mass is 10.3. The Bertz CT molecular complexity index is 822. The number of nitrogens with zero attached hydrogens (tertiary/aromatic N) is 4. The third-order valence-corrected chi connectivity index (χ3v) is 4.97. The minimum absolute atomic E-state index is 0.164. The van der Waals surface area contributed by atoms with Crippen molar-refractivity contribution in [2.45, 2.75) is 24.7 Å². The highest BCUT2D eigenvalue weighted by Gasteiger charge is 2.16. The monoisotopic (exact) mass is 392 g/mol. The summed E-state index contributed by atoms with van der Waals surface area (Å²) in [7, 11) is 2.01. The number of aliphatic hydroxyl groups excluding tert-OH is 1. The molecule has 0 fully saturated rings. The molecular formula is C18H21ClN4O2S. The Hall–Kier alpha value is -1.80. The van der Waals surface area contributed by atoms with Gasteiger partial charge in [-0.25, -0.2) is 0 Å². The molecule has 0 aliphatic carbocycles. The zero-order valence-corrected chi connectivity index (χ0v) is 16.1. The van der Waals surface area contributed by atoms with Crippen LogP contribution in [0, 0.1) is 0 Å². The maximum atomic E-state index is 9.02. The average molecular weight is 393 g/mol. The van der Waals surface area contributed by atoms with Crippen molar-refractivity contribution in [2.75, 3.05) is 19.4 Å². The first-order valence-electron chi connectivity index (χ1n) is 8.32. The molecule has 0 saturated heterocycles. The molecule has 0 aliphatic heterocycles. The van der Waals surface area contributed by atoms with Gasteiger partial charge >= 0.3 is 0 Å². The van der Waals surface area contributed by atoms with Crippen molar-refractivity contribution in [3.8, 4) is 5.69 Å². The third-order valence-electron chi connectivity index (χ3n) is 3.72. The zero-order valence-electron chi connectivity index (χ0n) is 14.5. The van der Waals surface area contributed by atoms with E-state index in [1.807, 2.05) is 48.0 Å². The van der Waals surface area contributed by atoms with Crippen LogP contribution in [0.3, 0.4) is 0 Å². The molecule has 2 heterocycles. The minimum Gasteiger partial charge on any atom is -0.468 e. The summed E-state index contributed by atoms with van der Waals surface area (Å²) in [6.45, 7) is 1.46. The highest BCUT2D eigenvalue weighted by Crippen LogP contribution is 2.25. The van der Waals surface area contributed by atoms with Gasteiger partial charge in [0.05, 0.1) is 25.0 Å². The highest BCUT2D eigenvalue weighted by molar-refractivity contribution is 7.99. The number of benzene rings is 1. The summed E-state index contributed by atoms with van der Waals surface area (Å²) in [5.41, 5.74) is 0.926. The van der Waals surface area contributed by atoms with Crippen LogP contribution < -0.4 is 0 Å². The fourth-order valence-corrected chi connectivity index (χ4v) is 3.64. The van der Waals surface area contributed by atoms with Gasteiger partial charge in [-0.1, -0.05) is 29.4 Å². The van der Waals surface area contributed by atoms with Crippen LogP contribution in [-0.4, -0.2) is 44.2 Å². The van der Waals surface area contributed by atoms with E-state index in [2.05, 4.69) is 15.1 Å². The van der Waals surface area contributed by atoms with E-state index in [1.54, 1.807) is 18.0 Å². The molecule has 138 valence electrons. The maximum absolute atomic E-state index is 9.02. The molecule has 0 amide bonds. The largest absolute Gasteiger partial charge is 0.468 e. The Labute approximate surface area is 161 Å². The SMILES string of the molecule is CN(Cc1ccco1)Cc1nnc(SCCCO)n1-c1cccc(Cl)c1. The zero-order chi connectivity index (χ0) is 18.4. The van der Waals surface area contributed by atoms with Crippen LogP contribution in [0.15, 0.2) is 52.2 Å². The first-order chi connectivity index (χ1) is 12.7. The quantitative estimate of drug-likeness (QED) is 0.443. The van der Waals surface area contributed by atoms with Crippen molar-refractivity contribution in [1.82, 2.24) is 19.7 Å². The molecule has 0 bridgehead atoms. The van der Waals surface area contributed by atoms with Crippen molar-refractivity contribution in [1.29, 1.82) is 0 Å². The molecule has 1 N–H and O–H groups in total. The maximum Gasteiger partial charge on any atom is 0.195 e. The second-order valence-electron chi connectivity index (χ2n) is 5.89. The predicted molar refractivity (Wildman–Crippen MR) is 103 cm³/mol. The molecule has 1 aromatic carbocycles. The molecule has 3 rings (SSSR count). The Balaban J connectivity index is 1.84. The smallest absolute Gasteiger partial charge is 0.195 e. The second kappa shape index (κ2) is 9.23. The third kappa shape index (κ3) is 4.88. The Morgan fingerprint density at radius 2 is 2.12 bits per heavy atom. The van der Waals surface area contributed by atoms with Gasteiger partial charge < -0.3 is 9.52 Å². The van der Waals surface area contributed by atoms with E-state index in [9.17, 15) is 0 Å². The summed E-state index contributed by atoms with van der Waals surface area (Å²) < 4.78 is 7.43. The molecule has 8 heteroatoms. The lowest BCUT2D eigenvalue weighted by Gasteiger charge is -2.16. The van der Waals surface area contributed by atoms with Crippen molar-refractivity contribution < 1.29 is 9.52 Å². The summed E-state index contributed by atoms with van der Waals surface area (Å²) in [5, 5.41) is 19.2. The van der Waals surface area contributed by atoms with Crippen LogP contribution >= 0.6 is 23.4 Å². The molecule has 0 saturated carbocycles. The van der Waals surface area contributed by atoms with E-state index >= 15 is 0 Å². The van der Waals surface area contributed by atoms with Crippen molar-refractivity contribution in [3.05, 3.63) is 59.3 Å². The number of aliphatic hydroxyl groups is 1. The van der Waals surface area contributed by atoms with Gasteiger partial charge in [0.15, 0.2) is 11.0 Å². The molecule has 6 nitrogen and oxygen atoms in total. The Morgan fingerprint density at radius 1 is 1.23 bits per heavy atom. The molecule has 0 atom stereocenters. The first kappa shape index (κ1) is 19.0. The van der Waals surface area contributed by atoms with E-state index in [0.29, 0.717) is 24.5 Å². The van der Waals surface area contributed by atoms with Gasteiger partial charge in [0.25, 0.3) is 0 Å². The number of hydrogen-bond donors (Lipinski definition) is 1. The van der Waals surface area contributed by atoms with Gasteiger partial charge in [-0.05, 0) is 43.8 Å². The molecule has 2 aromatic heterocycles. The second-order valence-corrected chi connectivity index (χ2v) is 7.39. The molecule has 0 radical (unpaired) electrons. The normalized spacial score (nSPS) is 11.4. The van der Waals surface area contributed by atoms with Gasteiger partial charge in [0.1, 0.15) is 5.76 Å². The average Bonchev–Trinajstić information content (AvgIpc) is 3.25. The van der Waals surface area contributed by atoms with E-state index in [-0.39, 0.29) is 6.61 Å². The molecule has 0 unspecified atom stereocenters. The molecule has 3 aromatic rings. The van der Waals surface area contributed by atoms with Crippen LogP contribution in [0.4, 0.5) is 0 Å². The van der Waals surface area contributed by atoms with Gasteiger partial charge in [-0.3, -0.25) is 9.47 Å². The van der Waals surface area contributed by atoms with E-state index in [0.717, 1.165) is 28.2 Å². The lowest BCUT2D eigenvalue weighted by Crippen LogP contribution is -2.19.